The molecule has 2 N–H and O–H groups in total. The standard InChI is InChI=1S/C16H15N5O2/c1-11-7-8-17-14(22)13(11)15(23)19-16-20-18-10-21(16)9-12-5-3-2-4-6-12/h2-8,10H,9H2,1H3,(H,17,22)(H,19,20,23). The fraction of sp³-hybridized carbons (Fsp3) is 0.125. The number of amides is 1. The van der Waals surface area contributed by atoms with Crippen molar-refractivity contribution in [3.8, 4) is 0 Å². The Kier molecular flexibility index (Phi) is 4.01. The van der Waals surface area contributed by atoms with Gasteiger partial charge >= 0.3 is 0 Å². The molecule has 0 fully saturated rings. The molecule has 7 heteroatoms. The molecule has 2 aromatic heterocycles. The number of H-pyrrole nitrogens is 1. The summed E-state index contributed by atoms with van der Waals surface area (Å²) in [6.07, 6.45) is 3.04. The highest BCUT2D eigenvalue weighted by Crippen LogP contribution is 2.10. The molecule has 0 aliphatic carbocycles. The van der Waals surface area contributed by atoms with E-state index in [4.69, 9.17) is 0 Å². The van der Waals surface area contributed by atoms with E-state index < -0.39 is 11.5 Å². The van der Waals surface area contributed by atoms with Crippen molar-refractivity contribution in [2.24, 2.45) is 0 Å². The number of carbonyl (C=O) groups excluding carboxylic acids is 1. The third kappa shape index (κ3) is 3.18. The van der Waals surface area contributed by atoms with E-state index in [0.717, 1.165) is 5.56 Å². The molecule has 0 bridgehead atoms. The van der Waals surface area contributed by atoms with Gasteiger partial charge < -0.3 is 4.98 Å². The van der Waals surface area contributed by atoms with Crippen LogP contribution in [0.2, 0.25) is 0 Å². The number of aryl methyl sites for hydroxylation is 1. The van der Waals surface area contributed by atoms with Gasteiger partial charge in [-0.2, -0.15) is 0 Å². The molecule has 0 saturated heterocycles. The van der Waals surface area contributed by atoms with E-state index >= 15 is 0 Å². The van der Waals surface area contributed by atoms with Crippen LogP contribution in [0.4, 0.5) is 5.95 Å². The summed E-state index contributed by atoms with van der Waals surface area (Å²) in [5.41, 5.74) is 1.29. The Hall–Kier alpha value is -3.22. The van der Waals surface area contributed by atoms with Crippen molar-refractivity contribution in [2.75, 3.05) is 5.32 Å². The van der Waals surface area contributed by atoms with Crippen LogP contribution in [0.3, 0.4) is 0 Å². The van der Waals surface area contributed by atoms with Crippen LogP contribution in [-0.2, 0) is 6.54 Å². The van der Waals surface area contributed by atoms with Crippen molar-refractivity contribution in [1.29, 1.82) is 0 Å². The molecule has 0 aliphatic heterocycles. The minimum atomic E-state index is -0.508. The first-order valence-electron chi connectivity index (χ1n) is 7.06. The second-order valence-corrected chi connectivity index (χ2v) is 5.09. The van der Waals surface area contributed by atoms with E-state index in [-0.39, 0.29) is 5.56 Å². The number of hydrogen-bond donors (Lipinski definition) is 2. The number of pyridine rings is 1. The molecule has 0 spiro atoms. The summed E-state index contributed by atoms with van der Waals surface area (Å²) in [4.78, 5) is 26.7. The summed E-state index contributed by atoms with van der Waals surface area (Å²) in [5, 5.41) is 10.4. The lowest BCUT2D eigenvalue weighted by Crippen LogP contribution is -2.25. The zero-order chi connectivity index (χ0) is 16.2. The number of aromatic nitrogens is 4. The first-order chi connectivity index (χ1) is 11.1. The molecule has 0 aliphatic rings. The summed E-state index contributed by atoms with van der Waals surface area (Å²) in [5.74, 6) is -0.215. The molecule has 0 atom stereocenters. The van der Waals surface area contributed by atoms with Crippen LogP contribution in [0.5, 0.6) is 0 Å². The molecule has 116 valence electrons. The van der Waals surface area contributed by atoms with Crippen molar-refractivity contribution >= 4 is 11.9 Å². The van der Waals surface area contributed by atoms with Gasteiger partial charge in [-0.1, -0.05) is 30.3 Å². The van der Waals surface area contributed by atoms with Gasteiger partial charge in [-0.3, -0.25) is 19.5 Å². The highest BCUT2D eigenvalue weighted by molar-refractivity contribution is 6.04. The Balaban J connectivity index is 1.83. The number of nitrogens with one attached hydrogen (secondary N) is 2. The highest BCUT2D eigenvalue weighted by atomic mass is 16.2. The Labute approximate surface area is 132 Å². The molecule has 0 unspecified atom stereocenters. The molecule has 2 heterocycles. The monoisotopic (exact) mass is 309 g/mol. The predicted molar refractivity (Wildman–Crippen MR) is 85.3 cm³/mol. The van der Waals surface area contributed by atoms with E-state index in [0.29, 0.717) is 18.1 Å². The summed E-state index contributed by atoms with van der Waals surface area (Å²) in [7, 11) is 0. The van der Waals surface area contributed by atoms with Crippen molar-refractivity contribution in [2.45, 2.75) is 13.5 Å². The first kappa shape index (κ1) is 14.7. The van der Waals surface area contributed by atoms with Gasteiger partial charge in [0, 0.05) is 6.20 Å². The van der Waals surface area contributed by atoms with Gasteiger partial charge in [0.25, 0.3) is 11.5 Å². The van der Waals surface area contributed by atoms with Crippen LogP contribution >= 0.6 is 0 Å². The average Bonchev–Trinajstić information content (AvgIpc) is 2.95. The summed E-state index contributed by atoms with van der Waals surface area (Å²) < 4.78 is 1.71. The van der Waals surface area contributed by atoms with Crippen LogP contribution < -0.4 is 10.9 Å². The topological polar surface area (TPSA) is 92.7 Å². The normalized spacial score (nSPS) is 10.5. The van der Waals surface area contributed by atoms with Gasteiger partial charge in [-0.05, 0) is 24.1 Å². The van der Waals surface area contributed by atoms with E-state index in [1.165, 1.54) is 12.5 Å². The van der Waals surface area contributed by atoms with Gasteiger partial charge in [-0.25, -0.2) is 0 Å². The zero-order valence-electron chi connectivity index (χ0n) is 12.5. The van der Waals surface area contributed by atoms with Crippen LogP contribution in [0.1, 0.15) is 21.5 Å². The number of anilines is 1. The van der Waals surface area contributed by atoms with E-state index in [2.05, 4.69) is 20.5 Å². The zero-order valence-corrected chi connectivity index (χ0v) is 12.5. The maximum absolute atomic E-state index is 12.3. The fourth-order valence-electron chi connectivity index (χ4n) is 2.27. The number of aromatic amines is 1. The molecule has 0 saturated carbocycles. The summed E-state index contributed by atoms with van der Waals surface area (Å²) in [6.45, 7) is 2.23. The largest absolute Gasteiger partial charge is 0.328 e. The number of rotatable bonds is 4. The Bertz CT molecular complexity index is 883. The third-order valence-electron chi connectivity index (χ3n) is 3.43. The van der Waals surface area contributed by atoms with Crippen LogP contribution in [0.25, 0.3) is 0 Å². The second-order valence-electron chi connectivity index (χ2n) is 5.09. The molecule has 1 aromatic carbocycles. The van der Waals surface area contributed by atoms with Crippen LogP contribution in [0, 0.1) is 6.92 Å². The lowest BCUT2D eigenvalue weighted by molar-refractivity contribution is 0.102. The van der Waals surface area contributed by atoms with Gasteiger partial charge in [0.05, 0.1) is 6.54 Å². The maximum Gasteiger partial charge on any atom is 0.263 e. The van der Waals surface area contributed by atoms with Gasteiger partial charge in [-0.15, -0.1) is 10.2 Å². The van der Waals surface area contributed by atoms with Gasteiger partial charge in [0.2, 0.25) is 5.95 Å². The minimum Gasteiger partial charge on any atom is -0.328 e. The third-order valence-corrected chi connectivity index (χ3v) is 3.43. The van der Waals surface area contributed by atoms with Crippen LogP contribution in [0.15, 0.2) is 53.7 Å². The SMILES string of the molecule is Cc1cc[nH]c(=O)c1C(=O)Nc1nncn1Cc1ccccc1. The van der Waals surface area contributed by atoms with Crippen molar-refractivity contribution in [1.82, 2.24) is 19.7 Å². The second kappa shape index (κ2) is 6.27. The van der Waals surface area contributed by atoms with E-state index in [9.17, 15) is 9.59 Å². The van der Waals surface area contributed by atoms with E-state index in [1.807, 2.05) is 30.3 Å². The lowest BCUT2D eigenvalue weighted by Gasteiger charge is -2.08. The first-order valence-corrected chi connectivity index (χ1v) is 7.06. The summed E-state index contributed by atoms with van der Waals surface area (Å²) >= 11 is 0. The lowest BCUT2D eigenvalue weighted by atomic mass is 10.1. The molecule has 0 radical (unpaired) electrons. The maximum atomic E-state index is 12.3. The number of carbonyl (C=O) groups is 1. The molecular weight excluding hydrogens is 294 g/mol. The minimum absolute atomic E-state index is 0.0711. The fourth-order valence-corrected chi connectivity index (χ4v) is 2.27. The summed E-state index contributed by atoms with van der Waals surface area (Å²) in [6, 6.07) is 11.4. The van der Waals surface area contributed by atoms with Gasteiger partial charge in [0.1, 0.15) is 11.9 Å². The molecular formula is C16H15N5O2. The predicted octanol–water partition coefficient (Wildman–Crippen LogP) is 1.58. The Morgan fingerprint density at radius 3 is 2.78 bits per heavy atom. The number of nitrogens with zero attached hydrogens (tertiary/aromatic N) is 3. The Morgan fingerprint density at radius 2 is 2.04 bits per heavy atom. The molecule has 7 nitrogen and oxygen atoms in total. The molecule has 3 rings (SSSR count). The van der Waals surface area contributed by atoms with E-state index in [1.54, 1.807) is 17.6 Å². The highest BCUT2D eigenvalue weighted by Gasteiger charge is 2.16. The van der Waals surface area contributed by atoms with Gasteiger partial charge in [0.15, 0.2) is 0 Å². The number of benzene rings is 1. The molecule has 23 heavy (non-hydrogen) atoms. The molecule has 3 aromatic rings. The van der Waals surface area contributed by atoms with Crippen molar-refractivity contribution < 1.29 is 4.79 Å². The van der Waals surface area contributed by atoms with Crippen molar-refractivity contribution in [3.63, 3.8) is 0 Å². The Morgan fingerprint density at radius 1 is 1.26 bits per heavy atom. The molecule has 1 amide bonds. The average molecular weight is 309 g/mol. The quantitative estimate of drug-likeness (QED) is 0.765. The number of hydrogen-bond acceptors (Lipinski definition) is 4. The smallest absolute Gasteiger partial charge is 0.263 e. The van der Waals surface area contributed by atoms with Crippen LogP contribution in [-0.4, -0.2) is 25.7 Å². The van der Waals surface area contributed by atoms with Crippen molar-refractivity contribution in [3.05, 3.63) is 76.0 Å².